The van der Waals surface area contributed by atoms with E-state index in [1.807, 2.05) is 12.1 Å². The molecule has 4 nitrogen and oxygen atoms in total. The maximum absolute atomic E-state index is 14.2. The quantitative estimate of drug-likeness (QED) is 0.761. The average Bonchev–Trinajstić information content (AvgIpc) is 2.99. The summed E-state index contributed by atoms with van der Waals surface area (Å²) in [4.78, 5) is 12.2. The fourth-order valence-corrected chi connectivity index (χ4v) is 3.16. The molecule has 4 rings (SSSR count). The number of amides is 1. The fourth-order valence-electron chi connectivity index (χ4n) is 3.03. The number of anilines is 1. The zero-order valence-corrected chi connectivity index (χ0v) is 13.3. The van der Waals surface area contributed by atoms with E-state index in [9.17, 15) is 9.18 Å². The van der Waals surface area contributed by atoms with E-state index in [2.05, 4.69) is 10.4 Å². The molecule has 0 radical (unpaired) electrons. The van der Waals surface area contributed by atoms with Gasteiger partial charge in [-0.1, -0.05) is 29.8 Å². The molecule has 0 saturated carbocycles. The number of fused-ring (bicyclic) bond motifs is 1. The van der Waals surface area contributed by atoms with Gasteiger partial charge in [0, 0.05) is 22.9 Å². The number of halogens is 2. The molecule has 2 aromatic carbocycles. The number of nitrogens with zero attached hydrogens (tertiary/aromatic N) is 2. The number of aromatic nitrogens is 2. The van der Waals surface area contributed by atoms with Gasteiger partial charge in [-0.2, -0.15) is 5.10 Å². The Morgan fingerprint density at radius 2 is 1.88 bits per heavy atom. The van der Waals surface area contributed by atoms with Crippen molar-refractivity contribution in [2.75, 3.05) is 5.32 Å². The second kappa shape index (κ2) is 5.76. The van der Waals surface area contributed by atoms with E-state index >= 15 is 0 Å². The molecule has 120 valence electrons. The molecule has 24 heavy (non-hydrogen) atoms. The zero-order valence-electron chi connectivity index (χ0n) is 12.5. The number of carbonyl (C=O) groups excluding carboxylic acids is 1. The molecule has 0 spiro atoms. The van der Waals surface area contributed by atoms with E-state index in [4.69, 9.17) is 11.6 Å². The second-order valence-electron chi connectivity index (χ2n) is 5.66. The Kier molecular flexibility index (Phi) is 3.58. The van der Waals surface area contributed by atoms with Crippen molar-refractivity contribution in [2.45, 2.75) is 12.3 Å². The van der Waals surface area contributed by atoms with Crippen LogP contribution in [0.2, 0.25) is 5.02 Å². The van der Waals surface area contributed by atoms with Crippen LogP contribution in [0.15, 0.2) is 54.7 Å². The standard InChI is InChI=1S/C18H13ClFN3O/c19-11-5-7-12(8-6-11)23-18-15(10-21-23)14(9-17(24)22-18)13-3-1-2-4-16(13)20/h1-8,10,14H,9H2,(H,22,24). The molecule has 1 aromatic heterocycles. The largest absolute Gasteiger partial charge is 0.310 e. The summed E-state index contributed by atoms with van der Waals surface area (Å²) in [6, 6.07) is 13.7. The maximum atomic E-state index is 14.2. The highest BCUT2D eigenvalue weighted by atomic mass is 35.5. The summed E-state index contributed by atoms with van der Waals surface area (Å²) in [6.45, 7) is 0. The summed E-state index contributed by atoms with van der Waals surface area (Å²) < 4.78 is 15.8. The van der Waals surface area contributed by atoms with Crippen LogP contribution in [0.5, 0.6) is 0 Å². The van der Waals surface area contributed by atoms with Gasteiger partial charge in [0.25, 0.3) is 0 Å². The highest BCUT2D eigenvalue weighted by Gasteiger charge is 2.31. The Balaban J connectivity index is 1.83. The van der Waals surface area contributed by atoms with Crippen LogP contribution in [-0.2, 0) is 4.79 Å². The van der Waals surface area contributed by atoms with Gasteiger partial charge in [0.1, 0.15) is 11.6 Å². The second-order valence-corrected chi connectivity index (χ2v) is 6.10. The minimum Gasteiger partial charge on any atom is -0.310 e. The third kappa shape index (κ3) is 2.47. The number of hydrogen-bond donors (Lipinski definition) is 1. The lowest BCUT2D eigenvalue weighted by Crippen LogP contribution is -2.25. The van der Waals surface area contributed by atoms with Crippen molar-refractivity contribution >= 4 is 23.3 Å². The summed E-state index contributed by atoms with van der Waals surface area (Å²) in [5.41, 5.74) is 2.08. The molecular weight excluding hydrogens is 329 g/mol. The molecule has 0 fully saturated rings. The van der Waals surface area contributed by atoms with E-state index in [0.717, 1.165) is 11.3 Å². The summed E-state index contributed by atoms with van der Waals surface area (Å²) in [5, 5.41) is 7.84. The van der Waals surface area contributed by atoms with Crippen molar-refractivity contribution < 1.29 is 9.18 Å². The molecular formula is C18H13ClFN3O. The Morgan fingerprint density at radius 1 is 1.12 bits per heavy atom. The summed E-state index contributed by atoms with van der Waals surface area (Å²) in [7, 11) is 0. The molecule has 6 heteroatoms. The molecule has 3 aromatic rings. The number of rotatable bonds is 2. The molecule has 2 heterocycles. The molecule has 0 aliphatic carbocycles. The molecule has 1 aliphatic heterocycles. The molecule has 1 unspecified atom stereocenters. The van der Waals surface area contributed by atoms with Crippen molar-refractivity contribution in [1.29, 1.82) is 0 Å². The molecule has 1 aliphatic rings. The van der Waals surface area contributed by atoms with Crippen LogP contribution in [-0.4, -0.2) is 15.7 Å². The lowest BCUT2D eigenvalue weighted by molar-refractivity contribution is -0.116. The monoisotopic (exact) mass is 341 g/mol. The minimum absolute atomic E-state index is 0.161. The van der Waals surface area contributed by atoms with E-state index < -0.39 is 0 Å². The summed E-state index contributed by atoms with van der Waals surface area (Å²) >= 11 is 5.92. The first-order chi connectivity index (χ1) is 11.6. The van der Waals surface area contributed by atoms with E-state index in [0.29, 0.717) is 16.4 Å². The van der Waals surface area contributed by atoms with Gasteiger partial charge in [-0.05, 0) is 35.9 Å². The predicted molar refractivity (Wildman–Crippen MR) is 90.1 cm³/mol. The smallest absolute Gasteiger partial charge is 0.226 e. The van der Waals surface area contributed by atoms with Gasteiger partial charge >= 0.3 is 0 Å². The molecule has 0 saturated heterocycles. The Labute approximate surface area is 142 Å². The summed E-state index contributed by atoms with van der Waals surface area (Å²) in [6.07, 6.45) is 1.88. The Hall–Kier alpha value is -2.66. The first-order valence-corrected chi connectivity index (χ1v) is 7.89. The number of carbonyl (C=O) groups is 1. The number of hydrogen-bond acceptors (Lipinski definition) is 2. The van der Waals surface area contributed by atoms with Gasteiger partial charge in [0.05, 0.1) is 11.9 Å². The van der Waals surface area contributed by atoms with Gasteiger partial charge in [-0.15, -0.1) is 0 Å². The van der Waals surface area contributed by atoms with Crippen molar-refractivity contribution in [3.05, 3.63) is 76.7 Å². The topological polar surface area (TPSA) is 46.9 Å². The summed E-state index contributed by atoms with van der Waals surface area (Å²) in [5.74, 6) is -0.258. The van der Waals surface area contributed by atoms with Crippen LogP contribution in [0.1, 0.15) is 23.5 Å². The van der Waals surface area contributed by atoms with Gasteiger partial charge in [0.2, 0.25) is 5.91 Å². The highest BCUT2D eigenvalue weighted by molar-refractivity contribution is 6.30. The first kappa shape index (κ1) is 14.9. The van der Waals surface area contributed by atoms with Gasteiger partial charge in [0.15, 0.2) is 0 Å². The Morgan fingerprint density at radius 3 is 2.62 bits per heavy atom. The normalized spacial score (nSPS) is 16.6. The van der Waals surface area contributed by atoms with Gasteiger partial charge in [-0.3, -0.25) is 4.79 Å². The van der Waals surface area contributed by atoms with Crippen LogP contribution >= 0.6 is 11.6 Å². The fraction of sp³-hybridized carbons (Fsp3) is 0.111. The van der Waals surface area contributed by atoms with Gasteiger partial charge in [-0.25, -0.2) is 9.07 Å². The molecule has 0 bridgehead atoms. The van der Waals surface area contributed by atoms with Gasteiger partial charge < -0.3 is 5.32 Å². The predicted octanol–water partition coefficient (Wildman–Crippen LogP) is 4.14. The number of nitrogens with one attached hydrogen (secondary N) is 1. The highest BCUT2D eigenvalue weighted by Crippen LogP contribution is 2.38. The van der Waals surface area contributed by atoms with Crippen LogP contribution in [0.25, 0.3) is 5.69 Å². The van der Waals surface area contributed by atoms with Crippen molar-refractivity contribution in [2.24, 2.45) is 0 Å². The SMILES string of the molecule is O=C1CC(c2ccccc2F)c2cnn(-c3ccc(Cl)cc3)c2N1. The third-order valence-corrected chi connectivity index (χ3v) is 4.42. The Bertz CT molecular complexity index is 920. The maximum Gasteiger partial charge on any atom is 0.226 e. The molecule has 1 amide bonds. The average molecular weight is 342 g/mol. The van der Waals surface area contributed by atoms with E-state index in [1.165, 1.54) is 6.07 Å². The van der Waals surface area contributed by atoms with E-state index in [1.54, 1.807) is 41.2 Å². The van der Waals surface area contributed by atoms with Crippen LogP contribution in [0.3, 0.4) is 0 Å². The molecule has 1 atom stereocenters. The first-order valence-electron chi connectivity index (χ1n) is 7.51. The molecule has 1 N–H and O–H groups in total. The lowest BCUT2D eigenvalue weighted by atomic mass is 9.87. The zero-order chi connectivity index (χ0) is 16.7. The van der Waals surface area contributed by atoms with Crippen molar-refractivity contribution in [1.82, 2.24) is 9.78 Å². The van der Waals surface area contributed by atoms with Crippen LogP contribution < -0.4 is 5.32 Å². The van der Waals surface area contributed by atoms with Crippen LogP contribution in [0.4, 0.5) is 10.2 Å². The van der Waals surface area contributed by atoms with E-state index in [-0.39, 0.29) is 24.1 Å². The number of benzene rings is 2. The third-order valence-electron chi connectivity index (χ3n) is 4.17. The lowest BCUT2D eigenvalue weighted by Gasteiger charge is -2.24. The van der Waals surface area contributed by atoms with Crippen molar-refractivity contribution in [3.8, 4) is 5.69 Å². The van der Waals surface area contributed by atoms with Crippen molar-refractivity contribution in [3.63, 3.8) is 0 Å². The van der Waals surface area contributed by atoms with Crippen LogP contribution in [0, 0.1) is 5.82 Å². The minimum atomic E-state index is -0.351.